The van der Waals surface area contributed by atoms with E-state index in [0.717, 1.165) is 10.9 Å². The van der Waals surface area contributed by atoms with E-state index in [-0.39, 0.29) is 17.2 Å². The van der Waals surface area contributed by atoms with Crippen molar-refractivity contribution in [2.75, 3.05) is 5.32 Å². The molecular formula is C19H17F6N5O2. The Kier molecular flexibility index (Phi) is 5.61. The minimum absolute atomic E-state index is 0.0810. The number of hydrazone groups is 1. The van der Waals surface area contributed by atoms with Gasteiger partial charge >= 0.3 is 0 Å². The van der Waals surface area contributed by atoms with E-state index >= 15 is 0 Å². The quantitative estimate of drug-likeness (QED) is 0.666. The number of benzene rings is 1. The Morgan fingerprint density at radius 2 is 1.84 bits per heavy atom. The summed E-state index contributed by atoms with van der Waals surface area (Å²) in [7, 11) is 0. The number of anilines is 1. The van der Waals surface area contributed by atoms with Crippen LogP contribution in [0.15, 0.2) is 41.6 Å². The van der Waals surface area contributed by atoms with E-state index in [1.54, 1.807) is 30.3 Å². The normalized spacial score (nSPS) is 25.3. The first-order valence-electron chi connectivity index (χ1n) is 9.51. The lowest BCUT2D eigenvalue weighted by atomic mass is 9.97. The number of amides is 1. The van der Waals surface area contributed by atoms with Gasteiger partial charge in [0.2, 0.25) is 5.72 Å². The highest BCUT2D eigenvalue weighted by Crippen LogP contribution is 2.41. The van der Waals surface area contributed by atoms with Crippen LogP contribution >= 0.6 is 0 Å². The number of alkyl halides is 6. The molecule has 2 aliphatic rings. The standard InChI is InChI=1S/C19H17F6N5O2/c20-14(21)12-7-19(32,18(24)25)30(28-12)17(31)10-8-26-29-13(15(22)23)6-11(27-16(10)29)9-4-2-1-3-5-9/h1-5,8,11,13-15,18,27,32H,6-7H2/t11-,13+,19?/m0/s1. The predicted octanol–water partition coefficient (Wildman–Crippen LogP) is 3.67. The lowest BCUT2D eigenvalue weighted by Crippen LogP contribution is -2.51. The third-order valence-corrected chi connectivity index (χ3v) is 5.45. The topological polar surface area (TPSA) is 82.8 Å². The monoisotopic (exact) mass is 461 g/mol. The number of aromatic nitrogens is 2. The van der Waals surface area contributed by atoms with Crippen molar-refractivity contribution in [2.45, 2.75) is 49.9 Å². The van der Waals surface area contributed by atoms with Gasteiger partial charge in [-0.2, -0.15) is 15.2 Å². The molecule has 0 bridgehead atoms. The summed E-state index contributed by atoms with van der Waals surface area (Å²) in [6, 6.07) is 6.38. The van der Waals surface area contributed by atoms with Gasteiger partial charge < -0.3 is 10.4 Å². The van der Waals surface area contributed by atoms with Crippen molar-refractivity contribution in [3.05, 3.63) is 47.7 Å². The maximum absolute atomic E-state index is 13.7. The maximum atomic E-state index is 13.7. The number of rotatable bonds is 5. The molecule has 32 heavy (non-hydrogen) atoms. The molecule has 1 unspecified atom stereocenters. The first-order valence-corrected chi connectivity index (χ1v) is 9.51. The van der Waals surface area contributed by atoms with Crippen LogP contribution in [0, 0.1) is 0 Å². The molecule has 172 valence electrons. The average Bonchev–Trinajstić information content (AvgIpc) is 3.35. The summed E-state index contributed by atoms with van der Waals surface area (Å²) in [6.07, 6.45) is -10.2. The molecule has 2 aliphatic heterocycles. The van der Waals surface area contributed by atoms with Gasteiger partial charge in [0.15, 0.2) is 0 Å². The average molecular weight is 461 g/mol. The van der Waals surface area contributed by atoms with E-state index in [1.807, 2.05) is 0 Å². The molecule has 1 aromatic heterocycles. The van der Waals surface area contributed by atoms with Crippen molar-refractivity contribution in [3.63, 3.8) is 0 Å². The van der Waals surface area contributed by atoms with Crippen LogP contribution in [0.25, 0.3) is 0 Å². The van der Waals surface area contributed by atoms with Gasteiger partial charge in [-0.05, 0) is 12.0 Å². The van der Waals surface area contributed by atoms with E-state index in [0.29, 0.717) is 5.56 Å². The number of nitrogens with zero attached hydrogens (tertiary/aromatic N) is 4. The molecule has 1 amide bonds. The summed E-state index contributed by atoms with van der Waals surface area (Å²) in [5, 5.41) is 20.0. The van der Waals surface area contributed by atoms with E-state index in [1.165, 1.54) is 0 Å². The summed E-state index contributed by atoms with van der Waals surface area (Å²) in [6.45, 7) is 0. The lowest BCUT2D eigenvalue weighted by Gasteiger charge is -2.33. The van der Waals surface area contributed by atoms with Crippen molar-refractivity contribution in [3.8, 4) is 0 Å². The molecule has 0 fully saturated rings. The number of carbonyl (C=O) groups excluding carboxylic acids is 1. The van der Waals surface area contributed by atoms with Crippen LogP contribution in [0.4, 0.5) is 32.2 Å². The van der Waals surface area contributed by atoms with Gasteiger partial charge in [0, 0.05) is 6.42 Å². The molecule has 3 atom stereocenters. The Balaban J connectivity index is 1.74. The summed E-state index contributed by atoms with van der Waals surface area (Å²) in [5.41, 5.74) is -4.22. The van der Waals surface area contributed by atoms with Gasteiger partial charge in [0.1, 0.15) is 23.1 Å². The number of carbonyl (C=O) groups is 1. The van der Waals surface area contributed by atoms with Crippen molar-refractivity contribution in [1.82, 2.24) is 14.8 Å². The highest BCUT2D eigenvalue weighted by molar-refractivity contribution is 6.02. The van der Waals surface area contributed by atoms with Crippen LogP contribution in [0.3, 0.4) is 0 Å². The third kappa shape index (κ3) is 3.59. The van der Waals surface area contributed by atoms with Crippen LogP contribution in [-0.2, 0) is 0 Å². The van der Waals surface area contributed by atoms with Crippen molar-refractivity contribution in [1.29, 1.82) is 0 Å². The molecule has 0 saturated carbocycles. The van der Waals surface area contributed by atoms with E-state index < -0.39 is 60.7 Å². The first kappa shape index (κ1) is 22.1. The van der Waals surface area contributed by atoms with Crippen molar-refractivity contribution in [2.24, 2.45) is 5.10 Å². The zero-order valence-electron chi connectivity index (χ0n) is 16.2. The molecule has 2 N–H and O–H groups in total. The van der Waals surface area contributed by atoms with Crippen LogP contribution < -0.4 is 5.32 Å². The summed E-state index contributed by atoms with van der Waals surface area (Å²) in [5.74, 6) is -1.59. The fourth-order valence-corrected chi connectivity index (χ4v) is 3.81. The molecule has 0 aliphatic carbocycles. The Bertz CT molecular complexity index is 1030. The van der Waals surface area contributed by atoms with Gasteiger partial charge in [-0.1, -0.05) is 30.3 Å². The number of hydrogen-bond acceptors (Lipinski definition) is 5. The number of nitrogens with one attached hydrogen (secondary N) is 1. The summed E-state index contributed by atoms with van der Waals surface area (Å²) >= 11 is 0. The Hall–Kier alpha value is -3.09. The van der Waals surface area contributed by atoms with Gasteiger partial charge in [0.05, 0.1) is 12.2 Å². The largest absolute Gasteiger partial charge is 0.364 e. The maximum Gasteiger partial charge on any atom is 0.287 e. The highest BCUT2D eigenvalue weighted by atomic mass is 19.3. The van der Waals surface area contributed by atoms with Crippen LogP contribution in [0.2, 0.25) is 0 Å². The van der Waals surface area contributed by atoms with E-state index in [9.17, 15) is 36.2 Å². The molecule has 4 rings (SSSR count). The molecule has 2 aromatic rings. The SMILES string of the molecule is O=C(c1cnn2c1N[C@H](c1ccccc1)C[C@@H]2C(F)F)N1N=C(C(F)F)CC1(O)C(F)F. The fraction of sp³-hybridized carbons (Fsp3) is 0.421. The minimum Gasteiger partial charge on any atom is -0.364 e. The zero-order chi connectivity index (χ0) is 23.2. The fourth-order valence-electron chi connectivity index (χ4n) is 3.81. The Morgan fingerprint density at radius 3 is 2.44 bits per heavy atom. The lowest BCUT2D eigenvalue weighted by molar-refractivity contribution is -0.164. The molecule has 3 heterocycles. The molecule has 1 aromatic carbocycles. The molecule has 7 nitrogen and oxygen atoms in total. The van der Waals surface area contributed by atoms with Gasteiger partial charge in [0.25, 0.3) is 25.2 Å². The molecule has 0 spiro atoms. The Morgan fingerprint density at radius 1 is 1.16 bits per heavy atom. The van der Waals surface area contributed by atoms with Crippen LogP contribution in [-0.4, -0.2) is 56.5 Å². The van der Waals surface area contributed by atoms with Crippen LogP contribution in [0.1, 0.15) is 40.8 Å². The van der Waals surface area contributed by atoms with Crippen LogP contribution in [0.5, 0.6) is 0 Å². The third-order valence-electron chi connectivity index (χ3n) is 5.45. The molecule has 0 radical (unpaired) electrons. The second kappa shape index (κ2) is 8.11. The molecule has 13 heteroatoms. The second-order valence-corrected chi connectivity index (χ2v) is 7.46. The van der Waals surface area contributed by atoms with Gasteiger partial charge in [-0.25, -0.2) is 31.0 Å². The smallest absolute Gasteiger partial charge is 0.287 e. The number of fused-ring (bicyclic) bond motifs is 1. The minimum atomic E-state index is -3.61. The highest BCUT2D eigenvalue weighted by Gasteiger charge is 2.54. The summed E-state index contributed by atoms with van der Waals surface area (Å²) < 4.78 is 81.4. The van der Waals surface area contributed by atoms with E-state index in [4.69, 9.17) is 0 Å². The van der Waals surface area contributed by atoms with Gasteiger partial charge in [-0.3, -0.25) is 4.79 Å². The molecule has 0 saturated heterocycles. The number of aliphatic hydroxyl groups is 1. The predicted molar refractivity (Wildman–Crippen MR) is 99.9 cm³/mol. The van der Waals surface area contributed by atoms with Crippen molar-refractivity contribution < 1.29 is 36.2 Å². The molecular weight excluding hydrogens is 444 g/mol. The Labute approximate surface area is 177 Å². The number of hydrogen-bond donors (Lipinski definition) is 2. The van der Waals surface area contributed by atoms with Gasteiger partial charge in [-0.15, -0.1) is 0 Å². The van der Waals surface area contributed by atoms with E-state index in [2.05, 4.69) is 15.5 Å². The zero-order valence-corrected chi connectivity index (χ0v) is 16.2. The number of halogens is 6. The van der Waals surface area contributed by atoms with Crippen molar-refractivity contribution >= 4 is 17.4 Å². The second-order valence-electron chi connectivity index (χ2n) is 7.46. The first-order chi connectivity index (χ1) is 15.1. The summed E-state index contributed by atoms with van der Waals surface area (Å²) in [4.78, 5) is 13.0.